The van der Waals surface area contributed by atoms with E-state index in [1.807, 2.05) is 30.3 Å². The Bertz CT molecular complexity index is 888. The highest BCUT2D eigenvalue weighted by Crippen LogP contribution is 2.16. The Labute approximate surface area is 145 Å². The van der Waals surface area contributed by atoms with E-state index in [1.165, 1.54) is 7.11 Å². The van der Waals surface area contributed by atoms with E-state index >= 15 is 0 Å². The summed E-state index contributed by atoms with van der Waals surface area (Å²) in [5.41, 5.74) is 2.44. The fourth-order valence-electron chi connectivity index (χ4n) is 2.43. The van der Waals surface area contributed by atoms with Crippen molar-refractivity contribution >= 4 is 17.6 Å². The van der Waals surface area contributed by atoms with Crippen LogP contribution in [-0.4, -0.2) is 28.8 Å². The average Bonchev–Trinajstić information content (AvgIpc) is 3.10. The molecule has 0 atom stereocenters. The number of carbonyl (C=O) groups excluding carboxylic acids is 2. The molecule has 0 fully saturated rings. The van der Waals surface area contributed by atoms with Crippen LogP contribution in [0.15, 0.2) is 67.0 Å². The second-order valence-electron chi connectivity index (χ2n) is 5.39. The highest BCUT2D eigenvalue weighted by atomic mass is 16.5. The van der Waals surface area contributed by atoms with Crippen LogP contribution in [0.1, 0.15) is 15.9 Å². The summed E-state index contributed by atoms with van der Waals surface area (Å²) >= 11 is 0. The Morgan fingerprint density at radius 2 is 1.80 bits per heavy atom. The van der Waals surface area contributed by atoms with E-state index < -0.39 is 5.97 Å². The Kier molecular flexibility index (Phi) is 4.89. The third-order valence-corrected chi connectivity index (χ3v) is 3.63. The summed E-state index contributed by atoms with van der Waals surface area (Å²) in [6.45, 7) is 0. The summed E-state index contributed by atoms with van der Waals surface area (Å²) in [5.74, 6) is -0.725. The molecule has 2 aromatic carbocycles. The molecule has 6 nitrogen and oxygen atoms in total. The molecule has 0 saturated carbocycles. The standard InChI is InChI=1S/C19H17N3O3/c1-25-19(24)16-9-5-6-10-17(16)21-18(23)11-14-12-20-22(13-14)15-7-3-2-4-8-15/h2-10,12-13H,11H2,1H3,(H,21,23). The van der Waals surface area contributed by atoms with Gasteiger partial charge in [0.05, 0.1) is 36.7 Å². The smallest absolute Gasteiger partial charge is 0.339 e. The quantitative estimate of drug-likeness (QED) is 0.728. The van der Waals surface area contributed by atoms with Gasteiger partial charge in [-0.05, 0) is 29.8 Å². The Morgan fingerprint density at radius 1 is 1.08 bits per heavy atom. The number of para-hydroxylation sites is 2. The molecule has 0 aliphatic heterocycles. The summed E-state index contributed by atoms with van der Waals surface area (Å²) < 4.78 is 6.44. The molecule has 0 radical (unpaired) electrons. The third kappa shape index (κ3) is 3.92. The van der Waals surface area contributed by atoms with Crippen molar-refractivity contribution in [1.82, 2.24) is 9.78 Å². The van der Waals surface area contributed by atoms with Gasteiger partial charge in [0.1, 0.15) is 0 Å². The molecule has 0 aliphatic carbocycles. The number of hydrogen-bond acceptors (Lipinski definition) is 4. The van der Waals surface area contributed by atoms with Crippen LogP contribution < -0.4 is 5.32 Å². The SMILES string of the molecule is COC(=O)c1ccccc1NC(=O)Cc1cnn(-c2ccccc2)c1. The van der Waals surface area contributed by atoms with Gasteiger partial charge in [0.25, 0.3) is 0 Å². The van der Waals surface area contributed by atoms with Crippen LogP contribution in [0.5, 0.6) is 0 Å². The fourth-order valence-corrected chi connectivity index (χ4v) is 2.43. The first kappa shape index (κ1) is 16.4. The third-order valence-electron chi connectivity index (χ3n) is 3.63. The first-order valence-electron chi connectivity index (χ1n) is 7.73. The minimum absolute atomic E-state index is 0.155. The van der Waals surface area contributed by atoms with E-state index in [2.05, 4.69) is 10.4 Å². The van der Waals surface area contributed by atoms with Crippen molar-refractivity contribution in [2.75, 3.05) is 12.4 Å². The van der Waals surface area contributed by atoms with Crippen LogP contribution in [0.2, 0.25) is 0 Å². The van der Waals surface area contributed by atoms with Gasteiger partial charge >= 0.3 is 5.97 Å². The number of rotatable bonds is 5. The van der Waals surface area contributed by atoms with Gasteiger partial charge in [0, 0.05) is 6.20 Å². The van der Waals surface area contributed by atoms with Gasteiger partial charge in [-0.15, -0.1) is 0 Å². The molecule has 6 heteroatoms. The lowest BCUT2D eigenvalue weighted by atomic mass is 10.1. The first-order chi connectivity index (χ1) is 12.2. The molecule has 0 aliphatic rings. The van der Waals surface area contributed by atoms with Crippen molar-refractivity contribution < 1.29 is 14.3 Å². The number of ether oxygens (including phenoxy) is 1. The molecule has 0 spiro atoms. The summed E-state index contributed by atoms with van der Waals surface area (Å²) in [7, 11) is 1.30. The summed E-state index contributed by atoms with van der Waals surface area (Å²) in [5, 5.41) is 7.01. The largest absolute Gasteiger partial charge is 0.465 e. The maximum atomic E-state index is 12.3. The Balaban J connectivity index is 1.70. The van der Waals surface area contributed by atoms with Gasteiger partial charge < -0.3 is 10.1 Å². The molecule has 1 aromatic heterocycles. The molecule has 25 heavy (non-hydrogen) atoms. The number of aromatic nitrogens is 2. The lowest BCUT2D eigenvalue weighted by Gasteiger charge is -2.09. The molecule has 0 bridgehead atoms. The van der Waals surface area contributed by atoms with Crippen LogP contribution in [0.25, 0.3) is 5.69 Å². The van der Waals surface area contributed by atoms with Crippen molar-refractivity contribution in [3.05, 3.63) is 78.1 Å². The molecule has 0 unspecified atom stereocenters. The Hall–Kier alpha value is -3.41. The second-order valence-corrected chi connectivity index (χ2v) is 5.39. The highest BCUT2D eigenvalue weighted by molar-refractivity contribution is 6.01. The van der Waals surface area contributed by atoms with Gasteiger partial charge in [0.15, 0.2) is 0 Å². The van der Waals surface area contributed by atoms with Crippen LogP contribution in [0.4, 0.5) is 5.69 Å². The molecule has 1 heterocycles. The topological polar surface area (TPSA) is 73.2 Å². The van der Waals surface area contributed by atoms with Crippen molar-refractivity contribution in [2.24, 2.45) is 0 Å². The monoisotopic (exact) mass is 335 g/mol. The summed E-state index contributed by atoms with van der Waals surface area (Å²) in [4.78, 5) is 24.0. The van der Waals surface area contributed by atoms with E-state index in [0.717, 1.165) is 11.3 Å². The molecule has 126 valence electrons. The number of anilines is 1. The minimum Gasteiger partial charge on any atom is -0.465 e. The van der Waals surface area contributed by atoms with Crippen molar-refractivity contribution in [2.45, 2.75) is 6.42 Å². The summed E-state index contributed by atoms with van der Waals surface area (Å²) in [6, 6.07) is 16.4. The van der Waals surface area contributed by atoms with E-state index in [9.17, 15) is 9.59 Å². The predicted molar refractivity (Wildman–Crippen MR) is 93.7 cm³/mol. The van der Waals surface area contributed by atoms with Crippen LogP contribution in [0.3, 0.4) is 0 Å². The number of carbonyl (C=O) groups is 2. The second kappa shape index (κ2) is 7.44. The number of hydrogen-bond donors (Lipinski definition) is 1. The van der Waals surface area contributed by atoms with E-state index in [4.69, 9.17) is 4.74 Å². The molecule has 3 rings (SSSR count). The first-order valence-corrected chi connectivity index (χ1v) is 7.73. The number of benzene rings is 2. The number of amides is 1. The van der Waals surface area contributed by atoms with Crippen LogP contribution >= 0.6 is 0 Å². The zero-order valence-electron chi connectivity index (χ0n) is 13.7. The number of esters is 1. The molecule has 1 amide bonds. The molecule has 3 aromatic rings. The van der Waals surface area contributed by atoms with Gasteiger partial charge in [-0.1, -0.05) is 30.3 Å². The van der Waals surface area contributed by atoms with Crippen molar-refractivity contribution in [3.63, 3.8) is 0 Å². The average molecular weight is 335 g/mol. The van der Waals surface area contributed by atoms with Gasteiger partial charge in [-0.3, -0.25) is 4.79 Å². The predicted octanol–water partition coefficient (Wildman–Crippen LogP) is 2.84. The van der Waals surface area contributed by atoms with E-state index in [0.29, 0.717) is 11.3 Å². The fraction of sp³-hybridized carbons (Fsp3) is 0.105. The van der Waals surface area contributed by atoms with Crippen LogP contribution in [-0.2, 0) is 16.0 Å². The zero-order chi connectivity index (χ0) is 17.6. The lowest BCUT2D eigenvalue weighted by Crippen LogP contribution is -2.17. The van der Waals surface area contributed by atoms with E-state index in [-0.39, 0.29) is 12.3 Å². The van der Waals surface area contributed by atoms with Gasteiger partial charge in [-0.25, -0.2) is 9.48 Å². The minimum atomic E-state index is -0.493. The number of methoxy groups -OCH3 is 1. The van der Waals surface area contributed by atoms with Gasteiger partial charge in [0.2, 0.25) is 5.91 Å². The summed E-state index contributed by atoms with van der Waals surface area (Å²) in [6.07, 6.45) is 3.61. The maximum Gasteiger partial charge on any atom is 0.339 e. The molecule has 1 N–H and O–H groups in total. The lowest BCUT2D eigenvalue weighted by molar-refractivity contribution is -0.115. The molecule has 0 saturated heterocycles. The van der Waals surface area contributed by atoms with Crippen molar-refractivity contribution in [1.29, 1.82) is 0 Å². The van der Waals surface area contributed by atoms with E-state index in [1.54, 1.807) is 41.3 Å². The zero-order valence-corrected chi connectivity index (χ0v) is 13.7. The molecular formula is C19H17N3O3. The maximum absolute atomic E-state index is 12.3. The van der Waals surface area contributed by atoms with Crippen molar-refractivity contribution in [3.8, 4) is 5.69 Å². The highest BCUT2D eigenvalue weighted by Gasteiger charge is 2.14. The molecular weight excluding hydrogens is 318 g/mol. The number of nitrogens with one attached hydrogen (secondary N) is 1. The Morgan fingerprint density at radius 3 is 2.56 bits per heavy atom. The normalized spacial score (nSPS) is 10.3. The number of nitrogens with zero attached hydrogens (tertiary/aromatic N) is 2. The van der Waals surface area contributed by atoms with Gasteiger partial charge in [-0.2, -0.15) is 5.10 Å². The van der Waals surface area contributed by atoms with Crippen LogP contribution in [0, 0.1) is 0 Å².